The van der Waals surface area contributed by atoms with Crippen LogP contribution in [0.1, 0.15) is 5.56 Å². The van der Waals surface area contributed by atoms with Crippen molar-refractivity contribution in [2.75, 3.05) is 19.8 Å². The molecule has 0 spiro atoms. The van der Waals surface area contributed by atoms with Crippen LogP contribution in [0.4, 0.5) is 5.69 Å². The van der Waals surface area contributed by atoms with E-state index in [0.717, 1.165) is 5.56 Å². The largest absolute Gasteiger partial charge is 0.379 e. The SMILES string of the molecule is NCC1(c2cccc([N+](=O)[O-])c2)COC1. The molecule has 0 unspecified atom stereocenters. The van der Waals surface area contributed by atoms with Crippen molar-refractivity contribution in [3.05, 3.63) is 39.9 Å². The molecular formula is C10H12N2O3. The lowest BCUT2D eigenvalue weighted by atomic mass is 9.78. The molecule has 1 fully saturated rings. The normalized spacial score (nSPS) is 18.2. The highest BCUT2D eigenvalue weighted by molar-refractivity contribution is 5.39. The van der Waals surface area contributed by atoms with Gasteiger partial charge in [-0.1, -0.05) is 12.1 Å². The zero-order valence-electron chi connectivity index (χ0n) is 8.18. The van der Waals surface area contributed by atoms with Gasteiger partial charge in [-0.3, -0.25) is 10.1 Å². The van der Waals surface area contributed by atoms with Crippen LogP contribution >= 0.6 is 0 Å². The summed E-state index contributed by atoms with van der Waals surface area (Å²) < 4.78 is 5.13. The fourth-order valence-corrected chi connectivity index (χ4v) is 1.70. The number of nitrogens with two attached hydrogens (primary N) is 1. The number of rotatable bonds is 3. The van der Waals surface area contributed by atoms with Gasteiger partial charge in [0.05, 0.1) is 23.6 Å². The van der Waals surface area contributed by atoms with Crippen molar-refractivity contribution >= 4 is 5.69 Å². The first-order chi connectivity index (χ1) is 7.18. The van der Waals surface area contributed by atoms with E-state index in [2.05, 4.69) is 0 Å². The second kappa shape index (κ2) is 3.60. The van der Waals surface area contributed by atoms with Crippen LogP contribution < -0.4 is 5.73 Å². The molecule has 0 bridgehead atoms. The van der Waals surface area contributed by atoms with Gasteiger partial charge in [-0.2, -0.15) is 0 Å². The molecule has 80 valence electrons. The number of nitro groups is 1. The summed E-state index contributed by atoms with van der Waals surface area (Å²) in [7, 11) is 0. The second-order valence-corrected chi connectivity index (χ2v) is 3.78. The molecule has 5 heteroatoms. The van der Waals surface area contributed by atoms with Crippen molar-refractivity contribution in [3.63, 3.8) is 0 Å². The highest BCUT2D eigenvalue weighted by Crippen LogP contribution is 2.32. The molecule has 1 aliphatic heterocycles. The average molecular weight is 208 g/mol. The highest BCUT2D eigenvalue weighted by atomic mass is 16.6. The maximum atomic E-state index is 10.6. The molecule has 1 heterocycles. The molecule has 0 saturated carbocycles. The van der Waals surface area contributed by atoms with E-state index in [1.54, 1.807) is 12.1 Å². The predicted molar refractivity (Wildman–Crippen MR) is 54.6 cm³/mol. The number of non-ortho nitro benzene ring substituents is 1. The van der Waals surface area contributed by atoms with Crippen LogP contribution in [0.25, 0.3) is 0 Å². The standard InChI is InChI=1S/C10H12N2O3/c11-5-10(6-15-7-10)8-2-1-3-9(4-8)12(13)14/h1-4H,5-7,11H2. The first kappa shape index (κ1) is 10.1. The van der Waals surface area contributed by atoms with Gasteiger partial charge in [-0.05, 0) is 5.56 Å². The average Bonchev–Trinajstić information content (AvgIpc) is 2.17. The van der Waals surface area contributed by atoms with E-state index >= 15 is 0 Å². The molecule has 2 rings (SSSR count). The number of benzene rings is 1. The number of hydrogen-bond donors (Lipinski definition) is 1. The van der Waals surface area contributed by atoms with E-state index in [1.807, 2.05) is 6.07 Å². The molecule has 0 amide bonds. The minimum atomic E-state index is -0.396. The van der Waals surface area contributed by atoms with Gasteiger partial charge in [0, 0.05) is 18.7 Å². The Hall–Kier alpha value is -1.46. The van der Waals surface area contributed by atoms with Crippen LogP contribution in [-0.2, 0) is 10.2 Å². The molecule has 0 radical (unpaired) electrons. The summed E-state index contributed by atoms with van der Waals surface area (Å²) in [6.45, 7) is 1.55. The Morgan fingerprint density at radius 1 is 1.53 bits per heavy atom. The van der Waals surface area contributed by atoms with Crippen LogP contribution in [0.15, 0.2) is 24.3 Å². The number of nitro benzene ring substituents is 1. The highest BCUT2D eigenvalue weighted by Gasteiger charge is 2.39. The van der Waals surface area contributed by atoms with E-state index in [9.17, 15) is 10.1 Å². The maximum absolute atomic E-state index is 10.6. The van der Waals surface area contributed by atoms with E-state index in [0.29, 0.717) is 19.8 Å². The lowest BCUT2D eigenvalue weighted by molar-refractivity contribution is -0.385. The van der Waals surface area contributed by atoms with E-state index in [4.69, 9.17) is 10.5 Å². The summed E-state index contributed by atoms with van der Waals surface area (Å²) >= 11 is 0. The Balaban J connectivity index is 2.35. The monoisotopic (exact) mass is 208 g/mol. The first-order valence-corrected chi connectivity index (χ1v) is 4.71. The lowest BCUT2D eigenvalue weighted by Crippen LogP contribution is -2.52. The minimum Gasteiger partial charge on any atom is -0.379 e. The summed E-state index contributed by atoms with van der Waals surface area (Å²) in [5.74, 6) is 0. The summed E-state index contributed by atoms with van der Waals surface area (Å²) in [5, 5.41) is 10.6. The molecule has 1 aliphatic rings. The summed E-state index contributed by atoms with van der Waals surface area (Å²) in [6, 6.07) is 6.61. The smallest absolute Gasteiger partial charge is 0.269 e. The van der Waals surface area contributed by atoms with Gasteiger partial charge in [0.15, 0.2) is 0 Å². The van der Waals surface area contributed by atoms with Crippen LogP contribution in [0.2, 0.25) is 0 Å². The Kier molecular flexibility index (Phi) is 2.42. The predicted octanol–water partition coefficient (Wildman–Crippen LogP) is 0.821. The second-order valence-electron chi connectivity index (χ2n) is 3.78. The lowest BCUT2D eigenvalue weighted by Gasteiger charge is -2.40. The zero-order chi connectivity index (χ0) is 10.9. The number of nitrogens with zero attached hydrogens (tertiary/aromatic N) is 1. The third kappa shape index (κ3) is 1.60. The molecule has 0 atom stereocenters. The molecule has 1 aromatic carbocycles. The fourth-order valence-electron chi connectivity index (χ4n) is 1.70. The molecule has 0 aliphatic carbocycles. The van der Waals surface area contributed by atoms with Crippen LogP contribution in [-0.4, -0.2) is 24.7 Å². The van der Waals surface area contributed by atoms with Gasteiger partial charge in [0.1, 0.15) is 0 Å². The van der Waals surface area contributed by atoms with Gasteiger partial charge < -0.3 is 10.5 Å². The molecule has 15 heavy (non-hydrogen) atoms. The van der Waals surface area contributed by atoms with Crippen LogP contribution in [0.3, 0.4) is 0 Å². The molecule has 5 nitrogen and oxygen atoms in total. The Morgan fingerprint density at radius 2 is 2.27 bits per heavy atom. The fraction of sp³-hybridized carbons (Fsp3) is 0.400. The van der Waals surface area contributed by atoms with Gasteiger partial charge in [-0.15, -0.1) is 0 Å². The minimum absolute atomic E-state index is 0.104. The van der Waals surface area contributed by atoms with Crippen molar-refractivity contribution in [3.8, 4) is 0 Å². The first-order valence-electron chi connectivity index (χ1n) is 4.71. The van der Waals surface area contributed by atoms with Crippen LogP contribution in [0, 0.1) is 10.1 Å². The Morgan fingerprint density at radius 3 is 2.73 bits per heavy atom. The molecule has 2 N–H and O–H groups in total. The molecular weight excluding hydrogens is 196 g/mol. The number of hydrogen-bond acceptors (Lipinski definition) is 4. The summed E-state index contributed by atoms with van der Waals surface area (Å²) in [5.41, 5.74) is 6.46. The van der Waals surface area contributed by atoms with Crippen molar-refractivity contribution in [1.29, 1.82) is 0 Å². The molecule has 1 aromatic rings. The van der Waals surface area contributed by atoms with Gasteiger partial charge in [-0.25, -0.2) is 0 Å². The van der Waals surface area contributed by atoms with E-state index in [-0.39, 0.29) is 11.1 Å². The van der Waals surface area contributed by atoms with Gasteiger partial charge in [0.2, 0.25) is 0 Å². The van der Waals surface area contributed by atoms with Gasteiger partial charge in [0.25, 0.3) is 5.69 Å². The maximum Gasteiger partial charge on any atom is 0.269 e. The summed E-state index contributed by atoms with van der Waals surface area (Å²) in [6.07, 6.45) is 0. The van der Waals surface area contributed by atoms with E-state index < -0.39 is 4.92 Å². The molecule has 0 aromatic heterocycles. The van der Waals surface area contributed by atoms with Crippen molar-refractivity contribution in [2.45, 2.75) is 5.41 Å². The Bertz CT molecular complexity index is 382. The third-order valence-corrected chi connectivity index (χ3v) is 2.82. The quantitative estimate of drug-likeness (QED) is 0.589. The topological polar surface area (TPSA) is 78.4 Å². The zero-order valence-corrected chi connectivity index (χ0v) is 8.18. The van der Waals surface area contributed by atoms with E-state index in [1.165, 1.54) is 6.07 Å². The van der Waals surface area contributed by atoms with Gasteiger partial charge >= 0.3 is 0 Å². The molecule has 1 saturated heterocycles. The Labute approximate surface area is 87.0 Å². The van der Waals surface area contributed by atoms with Crippen molar-refractivity contribution < 1.29 is 9.66 Å². The van der Waals surface area contributed by atoms with Crippen LogP contribution in [0.5, 0.6) is 0 Å². The number of ether oxygens (including phenoxy) is 1. The third-order valence-electron chi connectivity index (χ3n) is 2.82. The van der Waals surface area contributed by atoms with Crippen molar-refractivity contribution in [2.24, 2.45) is 5.73 Å². The summed E-state index contributed by atoms with van der Waals surface area (Å²) in [4.78, 5) is 10.2. The van der Waals surface area contributed by atoms with Crippen molar-refractivity contribution in [1.82, 2.24) is 0 Å².